The van der Waals surface area contributed by atoms with Crippen LogP contribution in [0.15, 0.2) is 87.2 Å². The number of hydrazone groups is 1. The van der Waals surface area contributed by atoms with E-state index in [-0.39, 0.29) is 30.0 Å². The molecule has 0 radical (unpaired) electrons. The summed E-state index contributed by atoms with van der Waals surface area (Å²) in [6.45, 7) is 3.29. The lowest BCUT2D eigenvalue weighted by molar-refractivity contribution is -0.385. The molecule has 6 rings (SSSR count). The molecule has 1 saturated heterocycles. The van der Waals surface area contributed by atoms with Crippen LogP contribution in [0.4, 0.5) is 5.69 Å². The summed E-state index contributed by atoms with van der Waals surface area (Å²) >= 11 is 3.56. The fraction of sp³-hybridized carbons (Fsp3) is 0.258. The van der Waals surface area contributed by atoms with Crippen molar-refractivity contribution < 1.29 is 14.5 Å². The van der Waals surface area contributed by atoms with Crippen molar-refractivity contribution in [1.82, 2.24) is 14.9 Å². The molecule has 1 aromatic heterocycles. The van der Waals surface area contributed by atoms with Crippen LogP contribution in [-0.2, 0) is 9.53 Å². The quantitative estimate of drug-likeness (QED) is 0.220. The molecule has 0 spiro atoms. The molecule has 1 N–H and O–H groups in total. The van der Waals surface area contributed by atoms with E-state index in [2.05, 4.69) is 25.8 Å². The largest absolute Gasteiger partial charge is 0.379 e. The molecule has 42 heavy (non-hydrogen) atoms. The summed E-state index contributed by atoms with van der Waals surface area (Å²) in [5.74, 6) is -0.214. The molecule has 0 unspecified atom stereocenters. The van der Waals surface area contributed by atoms with Crippen molar-refractivity contribution in [3.05, 3.63) is 109 Å². The predicted octanol–water partition coefficient (Wildman–Crippen LogP) is 5.27. The highest BCUT2D eigenvalue weighted by atomic mass is 79.9. The van der Waals surface area contributed by atoms with Gasteiger partial charge in [-0.15, -0.1) is 0 Å². The molecule has 0 aliphatic carbocycles. The highest BCUT2D eigenvalue weighted by molar-refractivity contribution is 9.10. The molecule has 2 aliphatic heterocycles. The second kappa shape index (κ2) is 12.0. The average Bonchev–Trinajstić information content (AvgIpc) is 3.46. The van der Waals surface area contributed by atoms with Gasteiger partial charge >= 0.3 is 0 Å². The van der Waals surface area contributed by atoms with Crippen LogP contribution >= 0.6 is 15.9 Å². The third-order valence-electron chi connectivity index (χ3n) is 7.70. The van der Waals surface area contributed by atoms with Crippen LogP contribution in [0.3, 0.4) is 0 Å². The molecule has 3 aromatic carbocycles. The lowest BCUT2D eigenvalue weighted by Crippen LogP contribution is -2.39. The van der Waals surface area contributed by atoms with Gasteiger partial charge in [0.05, 0.1) is 35.5 Å². The van der Waals surface area contributed by atoms with Crippen molar-refractivity contribution in [2.75, 3.05) is 32.8 Å². The van der Waals surface area contributed by atoms with E-state index in [0.29, 0.717) is 42.1 Å². The Morgan fingerprint density at radius 2 is 1.83 bits per heavy atom. The van der Waals surface area contributed by atoms with Gasteiger partial charge in [0.15, 0.2) is 0 Å². The van der Waals surface area contributed by atoms with E-state index in [4.69, 9.17) is 9.84 Å². The maximum atomic E-state index is 13.7. The Hall–Kier alpha value is -4.19. The Morgan fingerprint density at radius 1 is 1.05 bits per heavy atom. The minimum atomic E-state index is -0.599. The Bertz CT molecular complexity index is 1750. The smallest absolute Gasteiger partial charge is 0.269 e. The third kappa shape index (κ3) is 5.63. The van der Waals surface area contributed by atoms with E-state index in [1.807, 2.05) is 48.5 Å². The van der Waals surface area contributed by atoms with Crippen molar-refractivity contribution in [3.8, 4) is 11.1 Å². The summed E-state index contributed by atoms with van der Waals surface area (Å²) in [7, 11) is 0. The first-order chi connectivity index (χ1) is 20.4. The lowest BCUT2D eigenvalue weighted by atomic mass is 9.91. The van der Waals surface area contributed by atoms with Gasteiger partial charge in [-0.2, -0.15) is 5.10 Å². The number of fused-ring (bicyclic) bond motifs is 1. The number of nitrogens with one attached hydrogen (secondary N) is 1. The van der Waals surface area contributed by atoms with Crippen molar-refractivity contribution in [2.45, 2.75) is 18.9 Å². The number of nitro benzene ring substituents is 1. The second-order valence-electron chi connectivity index (χ2n) is 10.3. The van der Waals surface area contributed by atoms with E-state index in [1.54, 1.807) is 12.1 Å². The maximum absolute atomic E-state index is 13.7. The van der Waals surface area contributed by atoms with Crippen molar-refractivity contribution >= 4 is 44.1 Å². The maximum Gasteiger partial charge on any atom is 0.269 e. The average molecular weight is 630 g/mol. The second-order valence-corrected chi connectivity index (χ2v) is 11.2. The number of hydrogen-bond acceptors (Lipinski definition) is 7. The summed E-state index contributed by atoms with van der Waals surface area (Å²) in [5, 5.41) is 18.6. The number of benzene rings is 3. The number of carbonyl (C=O) groups excluding carboxylic acids is 1. The van der Waals surface area contributed by atoms with Gasteiger partial charge in [-0.25, -0.2) is 5.01 Å². The Kier molecular flexibility index (Phi) is 7.96. The molecule has 0 saturated carbocycles. The number of carbonyl (C=O) groups is 1. The van der Waals surface area contributed by atoms with Gasteiger partial charge in [-0.05, 0) is 29.3 Å². The lowest BCUT2D eigenvalue weighted by Gasteiger charge is -2.27. The van der Waals surface area contributed by atoms with Crippen LogP contribution in [-0.4, -0.2) is 64.3 Å². The van der Waals surface area contributed by atoms with Crippen molar-refractivity contribution in [1.29, 1.82) is 0 Å². The minimum absolute atomic E-state index is 0.0694. The number of rotatable bonds is 7. The number of hydrogen-bond donors (Lipinski definition) is 1. The van der Waals surface area contributed by atoms with Gasteiger partial charge in [0.2, 0.25) is 5.91 Å². The molecular formula is C31H28BrN5O5. The molecule has 1 amide bonds. The number of non-ortho nitro benzene ring substituents is 1. The fourth-order valence-electron chi connectivity index (χ4n) is 5.63. The monoisotopic (exact) mass is 629 g/mol. The molecule has 214 valence electrons. The summed E-state index contributed by atoms with van der Waals surface area (Å²) in [4.78, 5) is 43.7. The van der Waals surface area contributed by atoms with E-state index >= 15 is 0 Å². The van der Waals surface area contributed by atoms with Crippen molar-refractivity contribution in [3.63, 3.8) is 0 Å². The molecule has 10 nitrogen and oxygen atoms in total. The number of morpholine rings is 1. The summed E-state index contributed by atoms with van der Waals surface area (Å²) < 4.78 is 6.28. The van der Waals surface area contributed by atoms with Crippen molar-refractivity contribution in [2.24, 2.45) is 5.10 Å². The van der Waals surface area contributed by atoms with Crippen LogP contribution in [0.1, 0.15) is 30.0 Å². The fourth-order valence-corrected chi connectivity index (χ4v) is 6.00. The number of ether oxygens (including phenoxy) is 1. The first-order valence-electron chi connectivity index (χ1n) is 13.7. The number of aromatic amines is 1. The molecule has 1 fully saturated rings. The summed E-state index contributed by atoms with van der Waals surface area (Å²) in [6, 6.07) is 21.0. The normalized spacial score (nSPS) is 17.4. The van der Waals surface area contributed by atoms with Crippen LogP contribution in [0, 0.1) is 10.1 Å². The van der Waals surface area contributed by atoms with Gasteiger partial charge in [-0.1, -0.05) is 58.4 Å². The number of pyridine rings is 1. The van der Waals surface area contributed by atoms with Gasteiger partial charge in [-0.3, -0.25) is 24.6 Å². The number of H-pyrrole nitrogens is 1. The summed E-state index contributed by atoms with van der Waals surface area (Å²) in [6.07, 6.45) is 0.446. The molecule has 3 heterocycles. The van der Waals surface area contributed by atoms with E-state index < -0.39 is 11.0 Å². The van der Waals surface area contributed by atoms with Crippen LogP contribution in [0.2, 0.25) is 0 Å². The van der Waals surface area contributed by atoms with Gasteiger partial charge in [0, 0.05) is 65.5 Å². The first-order valence-corrected chi connectivity index (χ1v) is 14.5. The number of nitrogens with zero attached hydrogens (tertiary/aromatic N) is 4. The van der Waals surface area contributed by atoms with Crippen LogP contribution in [0.25, 0.3) is 22.0 Å². The molecule has 2 aliphatic rings. The van der Waals surface area contributed by atoms with E-state index in [9.17, 15) is 19.7 Å². The highest BCUT2D eigenvalue weighted by Gasteiger charge is 2.36. The third-order valence-corrected chi connectivity index (χ3v) is 8.20. The Labute approximate surface area is 249 Å². The van der Waals surface area contributed by atoms with Gasteiger partial charge in [0.25, 0.3) is 11.2 Å². The number of nitro groups is 1. The molecule has 1 atom stereocenters. The molecular weight excluding hydrogens is 602 g/mol. The van der Waals surface area contributed by atoms with E-state index in [1.165, 1.54) is 17.1 Å². The number of amides is 1. The molecule has 4 aromatic rings. The molecule has 0 bridgehead atoms. The SMILES string of the molecule is O=C(CCN1CCOCC1)N1N=C(c2c(-c3ccccc3)c3cc(Br)ccc3[nH]c2=O)C[C@H]1c1cccc([N+](=O)[O-])c1. The highest BCUT2D eigenvalue weighted by Crippen LogP contribution is 2.38. The Morgan fingerprint density at radius 3 is 2.60 bits per heavy atom. The van der Waals surface area contributed by atoms with Gasteiger partial charge < -0.3 is 9.72 Å². The zero-order chi connectivity index (χ0) is 29.2. The van der Waals surface area contributed by atoms with Crippen LogP contribution in [0.5, 0.6) is 0 Å². The van der Waals surface area contributed by atoms with E-state index in [0.717, 1.165) is 34.1 Å². The minimum Gasteiger partial charge on any atom is -0.379 e. The zero-order valence-electron chi connectivity index (χ0n) is 22.7. The molecule has 11 heteroatoms. The van der Waals surface area contributed by atoms with Gasteiger partial charge in [0.1, 0.15) is 0 Å². The number of aromatic nitrogens is 1. The number of halogens is 1. The van der Waals surface area contributed by atoms with Crippen LogP contribution < -0.4 is 5.56 Å². The topological polar surface area (TPSA) is 121 Å². The Balaban J connectivity index is 1.46. The first kappa shape index (κ1) is 28.0. The zero-order valence-corrected chi connectivity index (χ0v) is 24.2. The predicted molar refractivity (Wildman–Crippen MR) is 163 cm³/mol. The summed E-state index contributed by atoms with van der Waals surface area (Å²) in [5.41, 5.74) is 3.27. The standard InChI is InChI=1S/C31H28BrN5O5/c32-22-9-10-25-24(18-22)29(20-5-2-1-3-6-20)30(31(39)33-25)26-19-27(21-7-4-8-23(17-21)37(40)41)36(34-26)28(38)11-12-35-13-15-42-16-14-35/h1-10,17-18,27H,11-16,19H2,(H,33,39)/t27-/m0/s1.